The zero-order valence-corrected chi connectivity index (χ0v) is 13.9. The van der Waals surface area contributed by atoms with Gasteiger partial charge in [0.05, 0.1) is 25.4 Å². The summed E-state index contributed by atoms with van der Waals surface area (Å²) in [6, 6.07) is 11.5. The number of hydrogen-bond donors (Lipinski definition) is 1. The van der Waals surface area contributed by atoms with Gasteiger partial charge >= 0.3 is 0 Å². The van der Waals surface area contributed by atoms with Crippen molar-refractivity contribution in [3.63, 3.8) is 0 Å². The molecular formula is C19H21NO4. The van der Waals surface area contributed by atoms with Crippen molar-refractivity contribution in [2.45, 2.75) is 27.0 Å². The normalized spacial score (nSPS) is 13.5. The van der Waals surface area contributed by atoms with Crippen molar-refractivity contribution in [1.82, 2.24) is 0 Å². The van der Waals surface area contributed by atoms with Crippen LogP contribution in [0.25, 0.3) is 0 Å². The molecule has 0 unspecified atom stereocenters. The number of aliphatic hydroxyl groups is 1. The van der Waals surface area contributed by atoms with E-state index >= 15 is 0 Å². The number of amides is 1. The lowest BCUT2D eigenvalue weighted by atomic mass is 10.1. The van der Waals surface area contributed by atoms with Crippen LogP contribution in [0.3, 0.4) is 0 Å². The number of benzene rings is 2. The maximum Gasteiger partial charge on any atom is 0.265 e. The fraction of sp³-hybridized carbons (Fsp3) is 0.316. The van der Waals surface area contributed by atoms with Crippen molar-refractivity contribution in [2.24, 2.45) is 0 Å². The molecule has 0 spiro atoms. The standard InChI is InChI=1S/C19H21NO4/c1-3-23-17-9-14(11-21)8-16-19(17)24-12-18(22)20(16)10-15-7-5-4-6-13(15)2/h4-9,21H,3,10-12H2,1-2H3. The number of ether oxygens (including phenoxy) is 2. The fourth-order valence-electron chi connectivity index (χ4n) is 2.82. The van der Waals surface area contributed by atoms with Gasteiger partial charge in [0.25, 0.3) is 5.91 Å². The van der Waals surface area contributed by atoms with Crippen molar-refractivity contribution in [1.29, 1.82) is 0 Å². The van der Waals surface area contributed by atoms with Gasteiger partial charge in [-0.3, -0.25) is 4.79 Å². The minimum atomic E-state index is -0.125. The Balaban J connectivity index is 2.04. The predicted octanol–water partition coefficient (Wildman–Crippen LogP) is 2.81. The third-order valence-electron chi connectivity index (χ3n) is 4.10. The summed E-state index contributed by atoms with van der Waals surface area (Å²) in [5.41, 5.74) is 3.53. The molecule has 0 bridgehead atoms. The number of carbonyl (C=O) groups is 1. The molecule has 0 radical (unpaired) electrons. The Morgan fingerprint density at radius 3 is 2.79 bits per heavy atom. The van der Waals surface area contributed by atoms with Gasteiger partial charge in [0.1, 0.15) is 0 Å². The minimum absolute atomic E-state index is 0.0164. The van der Waals surface area contributed by atoms with Crippen LogP contribution in [0.1, 0.15) is 23.6 Å². The molecule has 0 saturated carbocycles. The molecule has 0 atom stereocenters. The summed E-state index contributed by atoms with van der Waals surface area (Å²) >= 11 is 0. The SMILES string of the molecule is CCOc1cc(CO)cc2c1OCC(=O)N2Cc1ccccc1C. The van der Waals surface area contributed by atoms with E-state index in [1.165, 1.54) is 0 Å². The second kappa shape index (κ2) is 6.93. The Kier molecular flexibility index (Phi) is 4.71. The van der Waals surface area contributed by atoms with Gasteiger partial charge in [-0.15, -0.1) is 0 Å². The molecule has 0 saturated heterocycles. The zero-order valence-electron chi connectivity index (χ0n) is 13.9. The quantitative estimate of drug-likeness (QED) is 0.917. The third-order valence-corrected chi connectivity index (χ3v) is 4.10. The summed E-state index contributed by atoms with van der Waals surface area (Å²) in [6.45, 7) is 4.71. The van der Waals surface area contributed by atoms with E-state index in [4.69, 9.17) is 9.47 Å². The molecule has 2 aromatic carbocycles. The lowest BCUT2D eigenvalue weighted by Crippen LogP contribution is -2.38. The first-order chi connectivity index (χ1) is 11.6. The number of nitrogens with zero attached hydrogens (tertiary/aromatic N) is 1. The Bertz CT molecular complexity index is 757. The summed E-state index contributed by atoms with van der Waals surface area (Å²) in [6.07, 6.45) is 0. The van der Waals surface area contributed by atoms with Gasteiger partial charge in [0, 0.05) is 0 Å². The third kappa shape index (κ3) is 3.08. The fourth-order valence-corrected chi connectivity index (χ4v) is 2.82. The molecule has 24 heavy (non-hydrogen) atoms. The zero-order chi connectivity index (χ0) is 17.1. The summed E-state index contributed by atoms with van der Waals surface area (Å²) < 4.78 is 11.2. The number of aliphatic hydroxyl groups excluding tert-OH is 1. The molecule has 126 valence electrons. The molecular weight excluding hydrogens is 306 g/mol. The van der Waals surface area contributed by atoms with Crippen LogP contribution in [0, 0.1) is 6.92 Å². The van der Waals surface area contributed by atoms with Crippen LogP contribution in [0.4, 0.5) is 5.69 Å². The van der Waals surface area contributed by atoms with E-state index in [-0.39, 0.29) is 19.1 Å². The Morgan fingerprint density at radius 2 is 2.08 bits per heavy atom. The first-order valence-corrected chi connectivity index (χ1v) is 8.02. The highest BCUT2D eigenvalue weighted by Gasteiger charge is 2.29. The second-order valence-corrected chi connectivity index (χ2v) is 5.73. The van der Waals surface area contributed by atoms with Crippen LogP contribution in [-0.4, -0.2) is 24.2 Å². The molecule has 3 rings (SSSR count). The van der Waals surface area contributed by atoms with Crippen LogP contribution in [0.5, 0.6) is 11.5 Å². The molecule has 2 aromatic rings. The van der Waals surface area contributed by atoms with Gasteiger partial charge in [0.15, 0.2) is 18.1 Å². The number of hydrogen-bond acceptors (Lipinski definition) is 4. The molecule has 1 amide bonds. The van der Waals surface area contributed by atoms with Gasteiger partial charge in [-0.1, -0.05) is 24.3 Å². The van der Waals surface area contributed by atoms with Gasteiger partial charge < -0.3 is 19.5 Å². The van der Waals surface area contributed by atoms with Gasteiger partial charge in [-0.25, -0.2) is 0 Å². The van der Waals surface area contributed by atoms with E-state index in [1.807, 2.05) is 38.1 Å². The summed E-state index contributed by atoms with van der Waals surface area (Å²) in [4.78, 5) is 14.1. The summed E-state index contributed by atoms with van der Waals surface area (Å²) in [7, 11) is 0. The van der Waals surface area contributed by atoms with E-state index in [0.717, 1.165) is 11.1 Å². The van der Waals surface area contributed by atoms with E-state index in [0.29, 0.717) is 35.9 Å². The molecule has 1 aliphatic rings. The number of anilines is 1. The Labute approximate surface area is 141 Å². The lowest BCUT2D eigenvalue weighted by molar-refractivity contribution is -0.121. The van der Waals surface area contributed by atoms with Crippen LogP contribution < -0.4 is 14.4 Å². The van der Waals surface area contributed by atoms with E-state index < -0.39 is 0 Å². The van der Waals surface area contributed by atoms with Crippen molar-refractivity contribution >= 4 is 11.6 Å². The number of aryl methyl sites for hydroxylation is 1. The first-order valence-electron chi connectivity index (χ1n) is 8.02. The lowest BCUT2D eigenvalue weighted by Gasteiger charge is -2.31. The maximum absolute atomic E-state index is 12.4. The average Bonchev–Trinajstić information content (AvgIpc) is 2.59. The smallest absolute Gasteiger partial charge is 0.265 e. The minimum Gasteiger partial charge on any atom is -0.490 e. The Morgan fingerprint density at radius 1 is 1.29 bits per heavy atom. The van der Waals surface area contributed by atoms with E-state index in [1.54, 1.807) is 17.0 Å². The number of fused-ring (bicyclic) bond motifs is 1. The number of rotatable bonds is 5. The molecule has 5 heteroatoms. The predicted molar refractivity (Wildman–Crippen MR) is 91.4 cm³/mol. The molecule has 0 fully saturated rings. The highest BCUT2D eigenvalue weighted by Crippen LogP contribution is 2.42. The van der Waals surface area contributed by atoms with Crippen molar-refractivity contribution < 1.29 is 19.4 Å². The molecule has 0 aliphatic carbocycles. The van der Waals surface area contributed by atoms with E-state index in [2.05, 4.69) is 0 Å². The highest BCUT2D eigenvalue weighted by atomic mass is 16.5. The van der Waals surface area contributed by atoms with Crippen LogP contribution in [0.15, 0.2) is 36.4 Å². The monoisotopic (exact) mass is 327 g/mol. The maximum atomic E-state index is 12.4. The van der Waals surface area contributed by atoms with Crippen molar-refractivity contribution in [2.75, 3.05) is 18.1 Å². The van der Waals surface area contributed by atoms with Gasteiger partial charge in [-0.05, 0) is 42.7 Å². The summed E-state index contributed by atoms with van der Waals surface area (Å²) in [5.74, 6) is 1.01. The van der Waals surface area contributed by atoms with E-state index in [9.17, 15) is 9.90 Å². The molecule has 1 heterocycles. The molecule has 0 aromatic heterocycles. The Hall–Kier alpha value is -2.53. The molecule has 1 aliphatic heterocycles. The van der Waals surface area contributed by atoms with Crippen LogP contribution >= 0.6 is 0 Å². The molecule has 1 N–H and O–H groups in total. The second-order valence-electron chi connectivity index (χ2n) is 5.73. The topological polar surface area (TPSA) is 59.0 Å². The van der Waals surface area contributed by atoms with Crippen molar-refractivity contribution in [3.05, 3.63) is 53.1 Å². The summed E-state index contributed by atoms with van der Waals surface area (Å²) in [5, 5.41) is 9.52. The molecule has 5 nitrogen and oxygen atoms in total. The largest absolute Gasteiger partial charge is 0.490 e. The highest BCUT2D eigenvalue weighted by molar-refractivity contribution is 5.98. The van der Waals surface area contributed by atoms with Crippen LogP contribution in [0.2, 0.25) is 0 Å². The first kappa shape index (κ1) is 16.3. The van der Waals surface area contributed by atoms with Crippen LogP contribution in [-0.2, 0) is 17.9 Å². The number of carbonyl (C=O) groups excluding carboxylic acids is 1. The van der Waals surface area contributed by atoms with Gasteiger partial charge in [0.2, 0.25) is 0 Å². The van der Waals surface area contributed by atoms with Gasteiger partial charge in [-0.2, -0.15) is 0 Å². The average molecular weight is 327 g/mol. The van der Waals surface area contributed by atoms with Crippen molar-refractivity contribution in [3.8, 4) is 11.5 Å².